The van der Waals surface area contributed by atoms with Gasteiger partial charge in [0.15, 0.2) is 11.5 Å². The highest BCUT2D eigenvalue weighted by atomic mass is 16.7. The average molecular weight is 443 g/mol. The van der Waals surface area contributed by atoms with Gasteiger partial charge in [-0.25, -0.2) is 4.99 Å². The first kappa shape index (κ1) is 20.9. The Labute approximate surface area is 192 Å². The molecular weight excluding hydrogens is 418 g/mol. The molecule has 0 spiro atoms. The third-order valence-electron chi connectivity index (χ3n) is 5.67. The van der Waals surface area contributed by atoms with Crippen molar-refractivity contribution in [2.45, 2.75) is 20.8 Å². The molecule has 0 radical (unpaired) electrons. The molecule has 33 heavy (non-hydrogen) atoms. The maximum absolute atomic E-state index is 6.08. The minimum atomic E-state index is 0.225. The molecule has 6 nitrogen and oxygen atoms in total. The second kappa shape index (κ2) is 8.54. The molecule has 168 valence electrons. The summed E-state index contributed by atoms with van der Waals surface area (Å²) in [5.41, 5.74) is 2.78. The van der Waals surface area contributed by atoms with E-state index < -0.39 is 0 Å². The molecular formula is C27H25NO5. The number of hydrogen-bond donors (Lipinski definition) is 0. The molecule has 5 rings (SSSR count). The topological polar surface area (TPSA) is 62.4 Å². The highest BCUT2D eigenvalue weighted by Crippen LogP contribution is 2.36. The van der Waals surface area contributed by atoms with Crippen LogP contribution in [0, 0.1) is 13.8 Å². The molecule has 0 atom stereocenters. The van der Waals surface area contributed by atoms with Crippen LogP contribution in [0.3, 0.4) is 0 Å². The van der Waals surface area contributed by atoms with E-state index in [1.165, 1.54) is 0 Å². The summed E-state index contributed by atoms with van der Waals surface area (Å²) in [5, 5.41) is 2.64. The van der Waals surface area contributed by atoms with E-state index in [1.54, 1.807) is 7.11 Å². The van der Waals surface area contributed by atoms with E-state index in [4.69, 9.17) is 28.4 Å². The van der Waals surface area contributed by atoms with Crippen molar-refractivity contribution in [2.75, 3.05) is 20.5 Å². The zero-order valence-corrected chi connectivity index (χ0v) is 19.1. The van der Waals surface area contributed by atoms with Gasteiger partial charge in [-0.15, -0.1) is 0 Å². The maximum Gasteiger partial charge on any atom is 0.231 e. The van der Waals surface area contributed by atoms with Crippen molar-refractivity contribution in [3.63, 3.8) is 0 Å². The lowest BCUT2D eigenvalue weighted by atomic mass is 10.1. The summed E-state index contributed by atoms with van der Waals surface area (Å²) in [6.07, 6.45) is 0. The minimum absolute atomic E-state index is 0.225. The Hall–Kier alpha value is -3.93. The third kappa shape index (κ3) is 3.89. The van der Waals surface area contributed by atoms with Gasteiger partial charge in [0.25, 0.3) is 0 Å². The molecule has 0 unspecified atom stereocenters. The molecule has 0 saturated heterocycles. The summed E-state index contributed by atoms with van der Waals surface area (Å²) >= 11 is 0. The lowest BCUT2D eigenvalue weighted by Gasteiger charge is -2.05. The molecule has 1 aromatic heterocycles. The Morgan fingerprint density at radius 3 is 2.36 bits per heavy atom. The molecule has 0 amide bonds. The van der Waals surface area contributed by atoms with Crippen LogP contribution in [0.4, 0.5) is 5.69 Å². The number of nitrogens with zero attached hydrogens (tertiary/aromatic N) is 1. The van der Waals surface area contributed by atoms with Crippen LogP contribution in [0.1, 0.15) is 18.4 Å². The number of ether oxygens (including phenoxy) is 4. The van der Waals surface area contributed by atoms with Crippen molar-refractivity contribution >= 4 is 16.5 Å². The van der Waals surface area contributed by atoms with Gasteiger partial charge in [-0.3, -0.25) is 0 Å². The smallest absolute Gasteiger partial charge is 0.231 e. The number of benzene rings is 2. The molecule has 6 heteroatoms. The maximum atomic E-state index is 6.08. The number of furan rings is 1. The van der Waals surface area contributed by atoms with Gasteiger partial charge in [0.1, 0.15) is 23.0 Å². The zero-order chi connectivity index (χ0) is 22.9. The second-order valence-electron chi connectivity index (χ2n) is 7.77. The number of methoxy groups -OCH3 is 1. The Morgan fingerprint density at radius 2 is 1.61 bits per heavy atom. The summed E-state index contributed by atoms with van der Waals surface area (Å²) < 4.78 is 28.4. The van der Waals surface area contributed by atoms with Crippen LogP contribution in [-0.4, -0.2) is 20.5 Å². The van der Waals surface area contributed by atoms with Gasteiger partial charge in [-0.2, -0.15) is 0 Å². The SMILES string of the molecule is CCOc1cc(-c2ccc(OC)cc2)cc(=Nc2ccc3c(c2)OCO3)c2c(C)oc(C)c12. The monoisotopic (exact) mass is 443 g/mol. The fraction of sp³-hybridized carbons (Fsp3) is 0.222. The van der Waals surface area contributed by atoms with Gasteiger partial charge in [0.2, 0.25) is 6.79 Å². The van der Waals surface area contributed by atoms with Crippen molar-refractivity contribution < 1.29 is 23.4 Å². The number of aryl methyl sites for hydroxylation is 2. The van der Waals surface area contributed by atoms with E-state index in [9.17, 15) is 0 Å². The van der Waals surface area contributed by atoms with Gasteiger partial charge in [0.05, 0.1) is 35.5 Å². The number of rotatable bonds is 5. The van der Waals surface area contributed by atoms with Gasteiger partial charge >= 0.3 is 0 Å². The van der Waals surface area contributed by atoms with E-state index in [-0.39, 0.29) is 6.79 Å². The third-order valence-corrected chi connectivity index (χ3v) is 5.67. The summed E-state index contributed by atoms with van der Waals surface area (Å²) in [6.45, 7) is 6.65. The van der Waals surface area contributed by atoms with Crippen LogP contribution in [0.2, 0.25) is 0 Å². The van der Waals surface area contributed by atoms with Crippen LogP contribution < -0.4 is 24.3 Å². The van der Waals surface area contributed by atoms with E-state index in [0.717, 1.165) is 61.7 Å². The van der Waals surface area contributed by atoms with E-state index >= 15 is 0 Å². The fourth-order valence-corrected chi connectivity index (χ4v) is 4.16. The Bertz CT molecular complexity index is 1400. The molecule has 0 saturated carbocycles. The first-order valence-corrected chi connectivity index (χ1v) is 10.9. The number of fused-ring (bicyclic) bond motifs is 2. The van der Waals surface area contributed by atoms with Crippen LogP contribution in [0.25, 0.3) is 21.9 Å². The predicted octanol–water partition coefficient (Wildman–Crippen LogP) is 6.09. The fourth-order valence-electron chi connectivity index (χ4n) is 4.16. The van der Waals surface area contributed by atoms with Gasteiger partial charge in [-0.05, 0) is 68.3 Å². The van der Waals surface area contributed by atoms with Crippen LogP contribution in [-0.2, 0) is 0 Å². The molecule has 3 aromatic carbocycles. The van der Waals surface area contributed by atoms with Crippen molar-refractivity contribution in [3.8, 4) is 34.1 Å². The normalized spacial score (nSPS) is 12.9. The molecule has 1 aliphatic heterocycles. The van der Waals surface area contributed by atoms with E-state index in [2.05, 4.69) is 6.07 Å². The largest absolute Gasteiger partial charge is 0.497 e. The van der Waals surface area contributed by atoms with Crippen molar-refractivity contribution in [1.29, 1.82) is 0 Å². The molecule has 0 N–H and O–H groups in total. The molecule has 0 fully saturated rings. The quantitative estimate of drug-likeness (QED) is 0.374. The summed E-state index contributed by atoms with van der Waals surface area (Å²) in [7, 11) is 1.66. The second-order valence-corrected chi connectivity index (χ2v) is 7.77. The lowest BCUT2D eigenvalue weighted by Crippen LogP contribution is -2.00. The molecule has 4 aromatic rings. The van der Waals surface area contributed by atoms with Gasteiger partial charge in [0, 0.05) is 6.07 Å². The van der Waals surface area contributed by atoms with E-state index in [0.29, 0.717) is 12.4 Å². The standard InChI is InChI=1S/C27H25NO5/c1-5-30-25-13-19(18-6-9-21(29-4)10-7-18)12-22(26-16(2)33-17(3)27(25)26)28-20-8-11-23-24(14-20)32-15-31-23/h6-14H,5,15H2,1-4H3. The summed E-state index contributed by atoms with van der Waals surface area (Å²) in [4.78, 5) is 5.01. The Kier molecular flexibility index (Phi) is 5.42. The average Bonchev–Trinajstić information content (AvgIpc) is 3.35. The highest BCUT2D eigenvalue weighted by Gasteiger charge is 2.17. The molecule has 1 aliphatic rings. The predicted molar refractivity (Wildman–Crippen MR) is 127 cm³/mol. The lowest BCUT2D eigenvalue weighted by molar-refractivity contribution is 0.174. The molecule has 0 aliphatic carbocycles. The zero-order valence-electron chi connectivity index (χ0n) is 19.1. The van der Waals surface area contributed by atoms with Crippen LogP contribution in [0.5, 0.6) is 23.0 Å². The van der Waals surface area contributed by atoms with Gasteiger partial charge < -0.3 is 23.4 Å². The summed E-state index contributed by atoms with van der Waals surface area (Å²) in [5.74, 6) is 4.58. The minimum Gasteiger partial charge on any atom is -0.497 e. The Balaban J connectivity index is 1.82. The van der Waals surface area contributed by atoms with Crippen LogP contribution >= 0.6 is 0 Å². The summed E-state index contributed by atoms with van der Waals surface area (Å²) in [6, 6.07) is 17.8. The van der Waals surface area contributed by atoms with Gasteiger partial charge in [-0.1, -0.05) is 12.1 Å². The van der Waals surface area contributed by atoms with Crippen molar-refractivity contribution in [3.05, 3.63) is 71.5 Å². The molecule has 0 bridgehead atoms. The van der Waals surface area contributed by atoms with Crippen molar-refractivity contribution in [1.82, 2.24) is 0 Å². The highest BCUT2D eigenvalue weighted by molar-refractivity contribution is 5.93. The number of hydrogen-bond acceptors (Lipinski definition) is 6. The van der Waals surface area contributed by atoms with Crippen molar-refractivity contribution in [2.24, 2.45) is 4.99 Å². The van der Waals surface area contributed by atoms with Crippen LogP contribution in [0.15, 0.2) is 64.0 Å². The first-order valence-electron chi connectivity index (χ1n) is 10.9. The molecule has 2 heterocycles. The van der Waals surface area contributed by atoms with E-state index in [1.807, 2.05) is 69.3 Å². The Morgan fingerprint density at radius 1 is 0.848 bits per heavy atom. The first-order chi connectivity index (χ1) is 16.1.